The lowest BCUT2D eigenvalue weighted by atomic mass is 10.1. The van der Waals surface area contributed by atoms with E-state index in [9.17, 15) is 9.59 Å². The highest BCUT2D eigenvalue weighted by Crippen LogP contribution is 2.30. The Hall–Kier alpha value is -2.77. The number of nitrogens with zero attached hydrogens (tertiary/aromatic N) is 2. The van der Waals surface area contributed by atoms with Gasteiger partial charge in [0.1, 0.15) is 11.4 Å². The van der Waals surface area contributed by atoms with E-state index in [1.54, 1.807) is 11.3 Å². The zero-order valence-electron chi connectivity index (χ0n) is 13.7. The number of benzene rings is 1. The van der Waals surface area contributed by atoms with Gasteiger partial charge >= 0.3 is 0 Å². The highest BCUT2D eigenvalue weighted by molar-refractivity contribution is 7.17. The third kappa shape index (κ3) is 3.31. The minimum atomic E-state index is -0.210. The van der Waals surface area contributed by atoms with Crippen LogP contribution in [0.1, 0.15) is 4.88 Å². The monoisotopic (exact) mass is 381 g/mol. The van der Waals surface area contributed by atoms with Crippen LogP contribution in [-0.4, -0.2) is 15.5 Å². The standard InChI is InChI=1S/C19H15N3O2S2/c23-16(20-9-14-7-4-8-25-14)10-22-12-21-18-17(19(22)24)15(11-26-18)13-5-2-1-3-6-13/h1-8,11-12H,9-10H2,(H,20,23). The number of nitrogens with one attached hydrogen (secondary N) is 1. The van der Waals surface area contributed by atoms with E-state index >= 15 is 0 Å². The van der Waals surface area contributed by atoms with Crippen LogP contribution in [0.15, 0.2) is 64.3 Å². The van der Waals surface area contributed by atoms with Gasteiger partial charge in [-0.3, -0.25) is 14.2 Å². The number of carbonyl (C=O) groups excluding carboxylic acids is 1. The summed E-state index contributed by atoms with van der Waals surface area (Å²) in [5.74, 6) is -0.210. The van der Waals surface area contributed by atoms with Crippen LogP contribution in [0.25, 0.3) is 21.3 Å². The number of aromatic nitrogens is 2. The second kappa shape index (κ2) is 7.23. The summed E-state index contributed by atoms with van der Waals surface area (Å²) in [6, 6.07) is 13.6. The van der Waals surface area contributed by atoms with Gasteiger partial charge in [-0.1, -0.05) is 36.4 Å². The van der Waals surface area contributed by atoms with E-state index in [0.717, 1.165) is 16.0 Å². The molecule has 130 valence electrons. The van der Waals surface area contributed by atoms with E-state index in [4.69, 9.17) is 0 Å². The minimum absolute atomic E-state index is 0.0444. The van der Waals surface area contributed by atoms with Gasteiger partial charge < -0.3 is 5.32 Å². The largest absolute Gasteiger partial charge is 0.350 e. The molecule has 5 nitrogen and oxygen atoms in total. The van der Waals surface area contributed by atoms with Crippen molar-refractivity contribution >= 4 is 38.8 Å². The molecule has 1 N–H and O–H groups in total. The predicted molar refractivity (Wildman–Crippen MR) is 105 cm³/mol. The van der Waals surface area contributed by atoms with Crippen LogP contribution in [0.5, 0.6) is 0 Å². The Morgan fingerprint density at radius 1 is 1.12 bits per heavy atom. The van der Waals surface area contributed by atoms with Crippen molar-refractivity contribution in [2.24, 2.45) is 0 Å². The maximum Gasteiger partial charge on any atom is 0.263 e. The van der Waals surface area contributed by atoms with Crippen LogP contribution < -0.4 is 10.9 Å². The lowest BCUT2D eigenvalue weighted by Gasteiger charge is -2.07. The predicted octanol–water partition coefficient (Wildman–Crippen LogP) is 3.50. The maximum atomic E-state index is 12.9. The van der Waals surface area contributed by atoms with Gasteiger partial charge in [-0.25, -0.2) is 4.98 Å². The lowest BCUT2D eigenvalue weighted by Crippen LogP contribution is -2.31. The summed E-state index contributed by atoms with van der Waals surface area (Å²) >= 11 is 3.02. The minimum Gasteiger partial charge on any atom is -0.350 e. The molecule has 7 heteroatoms. The first kappa shape index (κ1) is 16.7. The third-order valence-corrected chi connectivity index (χ3v) is 5.76. The SMILES string of the molecule is O=C(Cn1cnc2scc(-c3ccccc3)c2c1=O)NCc1cccs1. The molecule has 0 atom stereocenters. The Morgan fingerprint density at radius 2 is 1.96 bits per heavy atom. The molecule has 1 aromatic carbocycles. The Balaban J connectivity index is 1.61. The number of rotatable bonds is 5. The Bertz CT molecular complexity index is 1100. The fourth-order valence-corrected chi connectivity index (χ4v) is 4.27. The number of amides is 1. The fraction of sp³-hybridized carbons (Fsp3) is 0.105. The van der Waals surface area contributed by atoms with E-state index in [1.165, 1.54) is 22.2 Å². The van der Waals surface area contributed by atoms with Gasteiger partial charge in [0.05, 0.1) is 18.3 Å². The van der Waals surface area contributed by atoms with Gasteiger partial charge in [0.15, 0.2) is 0 Å². The number of thiophene rings is 2. The van der Waals surface area contributed by atoms with Crippen molar-refractivity contribution < 1.29 is 4.79 Å². The van der Waals surface area contributed by atoms with Crippen molar-refractivity contribution in [3.05, 3.63) is 74.8 Å². The van der Waals surface area contributed by atoms with Crippen LogP contribution in [0.2, 0.25) is 0 Å². The van der Waals surface area contributed by atoms with Crippen molar-refractivity contribution in [1.29, 1.82) is 0 Å². The summed E-state index contributed by atoms with van der Waals surface area (Å²) < 4.78 is 1.37. The third-order valence-electron chi connectivity index (χ3n) is 4.00. The van der Waals surface area contributed by atoms with Crippen molar-refractivity contribution in [2.75, 3.05) is 0 Å². The molecule has 0 radical (unpaired) electrons. The molecule has 0 aliphatic heterocycles. The molecule has 0 aliphatic rings. The zero-order valence-corrected chi connectivity index (χ0v) is 15.3. The molecule has 0 bridgehead atoms. The summed E-state index contributed by atoms with van der Waals surface area (Å²) in [6.45, 7) is 0.422. The van der Waals surface area contributed by atoms with E-state index in [1.807, 2.05) is 53.2 Å². The molecular weight excluding hydrogens is 366 g/mol. The van der Waals surface area contributed by atoms with Gasteiger partial charge in [-0.15, -0.1) is 22.7 Å². The number of fused-ring (bicyclic) bond motifs is 1. The molecule has 0 aliphatic carbocycles. The van der Waals surface area contributed by atoms with Gasteiger partial charge in [-0.2, -0.15) is 0 Å². The number of hydrogen-bond acceptors (Lipinski definition) is 5. The molecule has 0 unspecified atom stereocenters. The van der Waals surface area contributed by atoms with Crippen molar-refractivity contribution in [2.45, 2.75) is 13.1 Å². The molecular formula is C19H15N3O2S2. The first-order valence-corrected chi connectivity index (χ1v) is 9.79. The van der Waals surface area contributed by atoms with Crippen molar-refractivity contribution in [3.8, 4) is 11.1 Å². The second-order valence-corrected chi connectivity index (χ2v) is 7.62. The zero-order chi connectivity index (χ0) is 17.9. The quantitative estimate of drug-likeness (QED) is 0.575. The van der Waals surface area contributed by atoms with Crippen LogP contribution >= 0.6 is 22.7 Å². The molecule has 1 amide bonds. The van der Waals surface area contributed by atoms with E-state index in [-0.39, 0.29) is 18.0 Å². The van der Waals surface area contributed by atoms with E-state index < -0.39 is 0 Å². The van der Waals surface area contributed by atoms with Crippen LogP contribution in [0, 0.1) is 0 Å². The maximum absolute atomic E-state index is 12.9. The summed E-state index contributed by atoms with van der Waals surface area (Å²) in [5, 5.41) is 7.30. The molecule has 0 fully saturated rings. The van der Waals surface area contributed by atoms with E-state index in [0.29, 0.717) is 16.8 Å². The Kier molecular flexibility index (Phi) is 4.64. The molecule has 4 rings (SSSR count). The Labute approximate surface area is 157 Å². The summed E-state index contributed by atoms with van der Waals surface area (Å²) in [7, 11) is 0. The van der Waals surface area contributed by atoms with E-state index in [2.05, 4.69) is 10.3 Å². The van der Waals surface area contributed by atoms with Gasteiger partial charge in [-0.05, 0) is 17.0 Å². The summed E-state index contributed by atoms with van der Waals surface area (Å²) in [4.78, 5) is 31.2. The second-order valence-electron chi connectivity index (χ2n) is 5.73. The molecule has 3 aromatic heterocycles. The van der Waals surface area contributed by atoms with Crippen LogP contribution in [0.3, 0.4) is 0 Å². The number of carbonyl (C=O) groups is 1. The molecule has 0 spiro atoms. The smallest absolute Gasteiger partial charge is 0.263 e. The fourth-order valence-electron chi connectivity index (χ4n) is 2.72. The molecule has 26 heavy (non-hydrogen) atoms. The summed E-state index contributed by atoms with van der Waals surface area (Å²) in [6.07, 6.45) is 1.45. The van der Waals surface area contributed by atoms with Crippen molar-refractivity contribution in [3.63, 3.8) is 0 Å². The first-order valence-electron chi connectivity index (χ1n) is 8.03. The highest BCUT2D eigenvalue weighted by atomic mass is 32.1. The average Bonchev–Trinajstić information content (AvgIpc) is 3.33. The van der Waals surface area contributed by atoms with Crippen LogP contribution in [0.4, 0.5) is 0 Å². The highest BCUT2D eigenvalue weighted by Gasteiger charge is 2.14. The average molecular weight is 381 g/mol. The van der Waals surface area contributed by atoms with Gasteiger partial charge in [0.25, 0.3) is 5.56 Å². The van der Waals surface area contributed by atoms with Gasteiger partial charge in [0.2, 0.25) is 5.91 Å². The molecule has 0 saturated carbocycles. The van der Waals surface area contributed by atoms with Crippen molar-refractivity contribution in [1.82, 2.24) is 14.9 Å². The molecule has 4 aromatic rings. The lowest BCUT2D eigenvalue weighted by molar-refractivity contribution is -0.121. The number of hydrogen-bond donors (Lipinski definition) is 1. The Morgan fingerprint density at radius 3 is 2.73 bits per heavy atom. The van der Waals surface area contributed by atoms with Crippen LogP contribution in [-0.2, 0) is 17.9 Å². The summed E-state index contributed by atoms with van der Waals surface area (Å²) in [5.41, 5.74) is 1.63. The normalized spacial score (nSPS) is 10.9. The first-order chi connectivity index (χ1) is 12.7. The topological polar surface area (TPSA) is 64.0 Å². The molecule has 0 saturated heterocycles. The van der Waals surface area contributed by atoms with Gasteiger partial charge in [0, 0.05) is 15.8 Å². The molecule has 3 heterocycles.